The Balaban J connectivity index is 2.28. The van der Waals surface area contributed by atoms with Gasteiger partial charge >= 0.3 is 0 Å². The van der Waals surface area contributed by atoms with Crippen LogP contribution in [-0.2, 0) is 10.0 Å². The Morgan fingerprint density at radius 3 is 2.84 bits per heavy atom. The molecule has 0 saturated heterocycles. The highest BCUT2D eigenvalue weighted by molar-refractivity contribution is 7.89. The van der Waals surface area contributed by atoms with Crippen molar-refractivity contribution < 1.29 is 13.2 Å². The van der Waals surface area contributed by atoms with Crippen molar-refractivity contribution >= 4 is 15.7 Å². The topological polar surface area (TPSA) is 58.6 Å². The number of nitrogens with one attached hydrogen (secondary N) is 1. The van der Waals surface area contributed by atoms with Crippen LogP contribution in [0.5, 0.6) is 5.75 Å². The number of hydrogen-bond acceptors (Lipinski definition) is 4. The summed E-state index contributed by atoms with van der Waals surface area (Å²) in [6.07, 6.45) is 0. The third kappa shape index (κ3) is 3.19. The second-order valence-corrected chi connectivity index (χ2v) is 6.91. The van der Waals surface area contributed by atoms with Gasteiger partial charge in [-0.3, -0.25) is 0 Å². The maximum absolute atomic E-state index is 12.2. The van der Waals surface area contributed by atoms with E-state index in [0.717, 1.165) is 18.0 Å². The summed E-state index contributed by atoms with van der Waals surface area (Å²) in [4.78, 5) is 2.28. The van der Waals surface area contributed by atoms with Gasteiger partial charge in [-0.25, -0.2) is 13.1 Å². The van der Waals surface area contributed by atoms with Crippen LogP contribution in [0.3, 0.4) is 0 Å². The fraction of sp³-hybridized carbons (Fsp3) is 0.538. The van der Waals surface area contributed by atoms with Crippen LogP contribution >= 0.6 is 0 Å². The maximum Gasteiger partial charge on any atom is 0.240 e. The Kier molecular flexibility index (Phi) is 4.01. The zero-order chi connectivity index (χ0) is 14.0. The molecule has 0 aliphatic carbocycles. The molecule has 0 spiro atoms. The Morgan fingerprint density at radius 1 is 1.42 bits per heavy atom. The average Bonchev–Trinajstić information content (AvgIpc) is 2.37. The maximum atomic E-state index is 12.2. The molecule has 1 N–H and O–H groups in total. The zero-order valence-electron chi connectivity index (χ0n) is 11.5. The molecule has 1 aromatic carbocycles. The number of anilines is 1. The molecule has 1 aliphatic rings. The smallest absolute Gasteiger partial charge is 0.240 e. The van der Waals surface area contributed by atoms with E-state index in [0.29, 0.717) is 13.2 Å². The summed E-state index contributed by atoms with van der Waals surface area (Å²) in [6, 6.07) is 4.97. The first-order chi connectivity index (χ1) is 8.90. The normalized spacial score (nSPS) is 15.3. The number of nitrogens with zero attached hydrogens (tertiary/aromatic N) is 1. The van der Waals surface area contributed by atoms with E-state index in [1.54, 1.807) is 18.2 Å². The molecule has 1 aliphatic heterocycles. The van der Waals surface area contributed by atoms with Gasteiger partial charge < -0.3 is 9.64 Å². The van der Waals surface area contributed by atoms with E-state index in [-0.39, 0.29) is 10.8 Å². The summed E-state index contributed by atoms with van der Waals surface area (Å²) in [5.74, 6) is 1.01. The van der Waals surface area contributed by atoms with Crippen LogP contribution in [-0.4, -0.2) is 35.2 Å². The standard InChI is InChI=1S/C13H20N2O3S/c1-10(2)9-14-19(16,17)11-4-5-13-12(8-11)15(3)6-7-18-13/h4-5,8,10,14H,6-7,9H2,1-3H3. The number of sulfonamides is 1. The molecule has 0 saturated carbocycles. The van der Waals surface area contributed by atoms with Gasteiger partial charge in [-0.05, 0) is 24.1 Å². The average molecular weight is 284 g/mol. The highest BCUT2D eigenvalue weighted by atomic mass is 32.2. The molecule has 1 aromatic rings. The second-order valence-electron chi connectivity index (χ2n) is 5.15. The minimum absolute atomic E-state index is 0.276. The molecule has 0 amide bonds. The number of rotatable bonds is 4. The van der Waals surface area contributed by atoms with Crippen molar-refractivity contribution in [2.75, 3.05) is 31.6 Å². The van der Waals surface area contributed by atoms with Crippen molar-refractivity contribution in [3.05, 3.63) is 18.2 Å². The monoisotopic (exact) mass is 284 g/mol. The molecule has 0 aromatic heterocycles. The lowest BCUT2D eigenvalue weighted by atomic mass is 10.2. The molecule has 0 atom stereocenters. The largest absolute Gasteiger partial charge is 0.490 e. The van der Waals surface area contributed by atoms with Crippen LogP contribution in [0.15, 0.2) is 23.1 Å². The van der Waals surface area contributed by atoms with Gasteiger partial charge in [0.15, 0.2) is 0 Å². The molecule has 6 heteroatoms. The van der Waals surface area contributed by atoms with E-state index in [2.05, 4.69) is 4.72 Å². The molecular weight excluding hydrogens is 264 g/mol. The minimum atomic E-state index is -3.44. The predicted octanol–water partition coefficient (Wildman–Crippen LogP) is 1.45. The van der Waals surface area contributed by atoms with Crippen molar-refractivity contribution in [1.82, 2.24) is 4.72 Å². The SMILES string of the molecule is CC(C)CNS(=O)(=O)c1ccc2c(c1)N(C)CCO2. The van der Waals surface area contributed by atoms with E-state index in [9.17, 15) is 8.42 Å². The molecular formula is C13H20N2O3S. The highest BCUT2D eigenvalue weighted by Gasteiger charge is 2.20. The number of likely N-dealkylation sites (N-methyl/N-ethyl adjacent to an activating group) is 1. The highest BCUT2D eigenvalue weighted by Crippen LogP contribution is 2.32. The van der Waals surface area contributed by atoms with Gasteiger partial charge in [0.05, 0.1) is 17.1 Å². The van der Waals surface area contributed by atoms with Crippen molar-refractivity contribution in [2.45, 2.75) is 18.7 Å². The first-order valence-corrected chi connectivity index (χ1v) is 7.86. The molecule has 0 fully saturated rings. The van der Waals surface area contributed by atoms with Gasteiger partial charge in [0.2, 0.25) is 10.0 Å². The van der Waals surface area contributed by atoms with Gasteiger partial charge in [0, 0.05) is 13.6 Å². The van der Waals surface area contributed by atoms with E-state index >= 15 is 0 Å². The van der Waals surface area contributed by atoms with Gasteiger partial charge in [-0.2, -0.15) is 0 Å². The summed E-state index contributed by atoms with van der Waals surface area (Å²) in [5, 5.41) is 0. The van der Waals surface area contributed by atoms with Crippen LogP contribution < -0.4 is 14.4 Å². The molecule has 19 heavy (non-hydrogen) atoms. The fourth-order valence-electron chi connectivity index (χ4n) is 1.86. The first kappa shape index (κ1) is 14.1. The number of benzene rings is 1. The number of hydrogen-bond donors (Lipinski definition) is 1. The Hall–Kier alpha value is -1.27. The van der Waals surface area contributed by atoms with Crippen LogP contribution in [0.1, 0.15) is 13.8 Å². The molecule has 5 nitrogen and oxygen atoms in total. The summed E-state index contributed by atoms with van der Waals surface area (Å²) in [6.45, 7) is 5.76. The van der Waals surface area contributed by atoms with Crippen molar-refractivity contribution in [1.29, 1.82) is 0 Å². The molecule has 1 heterocycles. The molecule has 0 unspecified atom stereocenters. The quantitative estimate of drug-likeness (QED) is 0.909. The lowest BCUT2D eigenvalue weighted by Gasteiger charge is -2.28. The van der Waals surface area contributed by atoms with Gasteiger partial charge in [0.25, 0.3) is 0 Å². The third-order valence-electron chi connectivity index (χ3n) is 3.02. The lowest BCUT2D eigenvalue weighted by Crippen LogP contribution is -2.30. The van der Waals surface area contributed by atoms with Gasteiger partial charge in [-0.15, -0.1) is 0 Å². The van der Waals surface area contributed by atoms with Crippen molar-refractivity contribution in [3.63, 3.8) is 0 Å². The van der Waals surface area contributed by atoms with Crippen molar-refractivity contribution in [2.24, 2.45) is 5.92 Å². The van der Waals surface area contributed by atoms with Crippen LogP contribution in [0.2, 0.25) is 0 Å². The summed E-state index contributed by atoms with van der Waals surface area (Å²) < 4.78 is 32.4. The lowest BCUT2D eigenvalue weighted by molar-refractivity contribution is 0.311. The van der Waals surface area contributed by atoms with E-state index < -0.39 is 10.0 Å². The van der Waals surface area contributed by atoms with Gasteiger partial charge in [0.1, 0.15) is 12.4 Å². The van der Waals surface area contributed by atoms with Crippen LogP contribution in [0.4, 0.5) is 5.69 Å². The summed E-state index contributed by atoms with van der Waals surface area (Å²) in [5.41, 5.74) is 0.818. The van der Waals surface area contributed by atoms with E-state index in [1.807, 2.05) is 25.8 Å². The Labute approximate surface area is 114 Å². The van der Waals surface area contributed by atoms with Gasteiger partial charge in [-0.1, -0.05) is 13.8 Å². The van der Waals surface area contributed by atoms with E-state index in [1.165, 1.54) is 0 Å². The minimum Gasteiger partial charge on any atom is -0.490 e. The molecule has 0 radical (unpaired) electrons. The fourth-order valence-corrected chi connectivity index (χ4v) is 3.09. The first-order valence-electron chi connectivity index (χ1n) is 6.38. The predicted molar refractivity (Wildman–Crippen MR) is 75.2 cm³/mol. The van der Waals surface area contributed by atoms with Crippen molar-refractivity contribution in [3.8, 4) is 5.75 Å². The van der Waals surface area contributed by atoms with Crippen LogP contribution in [0, 0.1) is 5.92 Å². The van der Waals surface area contributed by atoms with E-state index in [4.69, 9.17) is 4.74 Å². The third-order valence-corrected chi connectivity index (χ3v) is 4.44. The number of ether oxygens (including phenoxy) is 1. The van der Waals surface area contributed by atoms with Crippen LogP contribution in [0.25, 0.3) is 0 Å². The molecule has 106 valence electrons. The Morgan fingerprint density at radius 2 is 2.16 bits per heavy atom. The Bertz CT molecular complexity index is 555. The molecule has 2 rings (SSSR count). The summed E-state index contributed by atoms with van der Waals surface area (Å²) >= 11 is 0. The summed E-state index contributed by atoms with van der Waals surface area (Å²) in [7, 11) is -1.51. The number of fused-ring (bicyclic) bond motifs is 1. The zero-order valence-corrected chi connectivity index (χ0v) is 12.3. The second kappa shape index (κ2) is 5.38. The molecule has 0 bridgehead atoms.